The number of aryl methyl sites for hydroxylation is 1. The van der Waals surface area contributed by atoms with Gasteiger partial charge in [-0.15, -0.1) is 0 Å². The summed E-state index contributed by atoms with van der Waals surface area (Å²) in [5.41, 5.74) is 1.97. The first-order valence-electron chi connectivity index (χ1n) is 8.77. The molecule has 0 saturated heterocycles. The van der Waals surface area contributed by atoms with Crippen LogP contribution in [0.15, 0.2) is 48.5 Å². The molecule has 7 nitrogen and oxygen atoms in total. The van der Waals surface area contributed by atoms with E-state index in [1.54, 1.807) is 18.2 Å². The number of esters is 1. The first-order valence-corrected chi connectivity index (χ1v) is 9.59. The Morgan fingerprint density at radius 2 is 1.83 bits per heavy atom. The number of aromatic nitrogens is 1. The summed E-state index contributed by atoms with van der Waals surface area (Å²) in [5, 5.41) is 2.69. The van der Waals surface area contributed by atoms with Crippen LogP contribution in [0.5, 0.6) is 0 Å². The summed E-state index contributed by atoms with van der Waals surface area (Å²) in [5.74, 6) is -4.85. The van der Waals surface area contributed by atoms with Crippen molar-refractivity contribution in [3.05, 3.63) is 59.7 Å². The van der Waals surface area contributed by atoms with Crippen LogP contribution in [0.3, 0.4) is 0 Å². The zero-order valence-corrected chi connectivity index (χ0v) is 16.6. The quantitative estimate of drug-likeness (QED) is 0.278. The van der Waals surface area contributed by atoms with Crippen LogP contribution in [-0.2, 0) is 19.1 Å². The molecule has 0 bridgehead atoms. The number of ketones is 2. The molecule has 0 unspecified atom stereocenters. The number of rotatable bonds is 7. The van der Waals surface area contributed by atoms with E-state index in [0.717, 1.165) is 17.4 Å². The fourth-order valence-electron chi connectivity index (χ4n) is 2.76. The van der Waals surface area contributed by atoms with Crippen molar-refractivity contribution < 1.29 is 23.9 Å². The van der Waals surface area contributed by atoms with Crippen LogP contribution in [0.2, 0.25) is 0 Å². The first kappa shape index (κ1) is 20.3. The topological polar surface area (TPSA) is 102 Å². The Kier molecular flexibility index (Phi) is 6.13. The molecule has 0 aliphatic heterocycles. The van der Waals surface area contributed by atoms with Crippen molar-refractivity contribution in [1.29, 1.82) is 0 Å². The Balaban J connectivity index is 1.82. The maximum absolute atomic E-state index is 12.8. The third-order valence-corrected chi connectivity index (χ3v) is 5.21. The van der Waals surface area contributed by atoms with E-state index in [1.165, 1.54) is 23.5 Å². The number of fused-ring (bicyclic) bond motifs is 1. The Bertz CT molecular complexity index is 1090. The van der Waals surface area contributed by atoms with Crippen molar-refractivity contribution >= 4 is 50.1 Å². The minimum absolute atomic E-state index is 0.234. The average molecular weight is 410 g/mol. The Labute approximate surface area is 170 Å². The van der Waals surface area contributed by atoms with Gasteiger partial charge in [-0.05, 0) is 24.6 Å². The number of nitrogens with one attached hydrogen (secondary N) is 1. The summed E-state index contributed by atoms with van der Waals surface area (Å²) >= 11 is 1.22. The van der Waals surface area contributed by atoms with E-state index in [-0.39, 0.29) is 10.7 Å². The molecule has 2 aromatic carbocycles. The van der Waals surface area contributed by atoms with Gasteiger partial charge in [0.1, 0.15) is 5.92 Å². The molecule has 0 aliphatic carbocycles. The lowest BCUT2D eigenvalue weighted by Crippen LogP contribution is -2.36. The van der Waals surface area contributed by atoms with Gasteiger partial charge in [0, 0.05) is 5.56 Å². The highest BCUT2D eigenvalue weighted by Gasteiger charge is 2.35. The van der Waals surface area contributed by atoms with Gasteiger partial charge in [-0.2, -0.15) is 0 Å². The Hall–Kier alpha value is -3.39. The number of carbonyl (C=O) groups excluding carboxylic acids is 4. The van der Waals surface area contributed by atoms with E-state index in [9.17, 15) is 19.2 Å². The van der Waals surface area contributed by atoms with E-state index in [0.29, 0.717) is 5.52 Å². The molecule has 8 heteroatoms. The van der Waals surface area contributed by atoms with Crippen LogP contribution >= 0.6 is 11.3 Å². The van der Waals surface area contributed by atoms with Crippen LogP contribution in [0.1, 0.15) is 22.3 Å². The molecule has 29 heavy (non-hydrogen) atoms. The molecular weight excluding hydrogens is 392 g/mol. The van der Waals surface area contributed by atoms with Crippen molar-refractivity contribution in [3.63, 3.8) is 0 Å². The number of thiazole rings is 1. The predicted molar refractivity (Wildman–Crippen MR) is 109 cm³/mol. The van der Waals surface area contributed by atoms with Gasteiger partial charge in [0.25, 0.3) is 5.91 Å². The van der Waals surface area contributed by atoms with Gasteiger partial charge in [-0.25, -0.2) is 4.98 Å². The van der Waals surface area contributed by atoms with Gasteiger partial charge in [0.15, 0.2) is 10.9 Å². The van der Waals surface area contributed by atoms with E-state index in [4.69, 9.17) is 0 Å². The third kappa shape index (κ3) is 4.72. The van der Waals surface area contributed by atoms with Crippen LogP contribution in [0.4, 0.5) is 5.13 Å². The monoisotopic (exact) mass is 410 g/mol. The molecule has 148 valence electrons. The summed E-state index contributed by atoms with van der Waals surface area (Å²) < 4.78 is 5.44. The van der Waals surface area contributed by atoms with Gasteiger partial charge in [-0.3, -0.25) is 24.5 Å². The molecular formula is C21H18N2O5S. The number of hydrogen-bond donors (Lipinski definition) is 1. The standard InChI is InChI=1S/C21H18N2O5S/c1-12-8-9-15-16(10-12)29-21(22-15)23-20(27)19(26)14(11-17(24)28-2)18(25)13-6-4-3-5-7-13/h3-10,14H,11H2,1-2H3,(H,22,23,27)/t14-/m0/s1. The number of amides is 1. The second-order valence-electron chi connectivity index (χ2n) is 6.37. The fourth-order valence-corrected chi connectivity index (χ4v) is 3.72. The molecule has 1 aromatic heterocycles. The summed E-state index contributed by atoms with van der Waals surface area (Å²) in [6, 6.07) is 13.7. The Morgan fingerprint density at radius 3 is 2.52 bits per heavy atom. The number of ether oxygens (including phenoxy) is 1. The number of carbonyl (C=O) groups is 4. The molecule has 0 aliphatic rings. The van der Waals surface area contributed by atoms with Crippen molar-refractivity contribution in [3.8, 4) is 0 Å². The number of methoxy groups -OCH3 is 1. The minimum atomic E-state index is -1.47. The number of anilines is 1. The number of Topliss-reactive ketones (excluding diaryl/α,β-unsaturated/α-hetero) is 2. The molecule has 1 amide bonds. The van der Waals surface area contributed by atoms with Crippen LogP contribution in [0, 0.1) is 12.8 Å². The molecule has 1 atom stereocenters. The normalized spacial score (nSPS) is 11.7. The van der Waals surface area contributed by atoms with E-state index < -0.39 is 35.8 Å². The maximum Gasteiger partial charge on any atom is 0.306 e. The van der Waals surface area contributed by atoms with Crippen LogP contribution in [0.25, 0.3) is 10.2 Å². The second kappa shape index (κ2) is 8.74. The van der Waals surface area contributed by atoms with Crippen LogP contribution < -0.4 is 5.32 Å². The van der Waals surface area contributed by atoms with Crippen molar-refractivity contribution in [1.82, 2.24) is 4.98 Å². The highest BCUT2D eigenvalue weighted by Crippen LogP contribution is 2.27. The molecule has 3 aromatic rings. The largest absolute Gasteiger partial charge is 0.469 e. The summed E-state index contributed by atoms with van der Waals surface area (Å²) in [7, 11) is 1.15. The van der Waals surface area contributed by atoms with Gasteiger partial charge < -0.3 is 4.74 Å². The predicted octanol–water partition coefficient (Wildman–Crippen LogP) is 3.17. The SMILES string of the molecule is COC(=O)C[C@H](C(=O)C(=O)Nc1nc2ccc(C)cc2s1)C(=O)c1ccccc1. The fraction of sp³-hybridized carbons (Fsp3) is 0.190. The lowest BCUT2D eigenvalue weighted by molar-refractivity contribution is -0.144. The zero-order valence-electron chi connectivity index (χ0n) is 15.8. The maximum atomic E-state index is 12.8. The highest BCUT2D eigenvalue weighted by molar-refractivity contribution is 7.22. The molecule has 0 fully saturated rings. The summed E-state index contributed by atoms with van der Waals surface area (Å²) in [6.07, 6.45) is -0.518. The molecule has 0 radical (unpaired) electrons. The molecule has 0 spiro atoms. The summed E-state index contributed by atoms with van der Waals surface area (Å²) in [4.78, 5) is 54.0. The lowest BCUT2D eigenvalue weighted by atomic mass is 9.90. The van der Waals surface area contributed by atoms with Crippen molar-refractivity contribution in [2.45, 2.75) is 13.3 Å². The van der Waals surface area contributed by atoms with Crippen molar-refractivity contribution in [2.24, 2.45) is 5.92 Å². The number of hydrogen-bond acceptors (Lipinski definition) is 7. The van der Waals surface area contributed by atoms with Gasteiger partial charge in [-0.1, -0.05) is 47.7 Å². The van der Waals surface area contributed by atoms with Crippen molar-refractivity contribution in [2.75, 3.05) is 12.4 Å². The molecule has 1 heterocycles. The second-order valence-corrected chi connectivity index (χ2v) is 7.40. The summed E-state index contributed by atoms with van der Waals surface area (Å²) in [6.45, 7) is 1.94. The minimum Gasteiger partial charge on any atom is -0.469 e. The average Bonchev–Trinajstić information content (AvgIpc) is 3.12. The Morgan fingerprint density at radius 1 is 1.10 bits per heavy atom. The van der Waals surface area contributed by atoms with E-state index in [2.05, 4.69) is 15.0 Å². The number of nitrogens with zero attached hydrogens (tertiary/aromatic N) is 1. The first-order chi connectivity index (χ1) is 13.9. The van der Waals surface area contributed by atoms with Gasteiger partial charge in [0.05, 0.1) is 23.7 Å². The smallest absolute Gasteiger partial charge is 0.306 e. The van der Waals surface area contributed by atoms with Gasteiger partial charge in [0.2, 0.25) is 5.78 Å². The van der Waals surface area contributed by atoms with E-state index >= 15 is 0 Å². The van der Waals surface area contributed by atoms with Crippen LogP contribution in [-0.4, -0.2) is 35.5 Å². The third-order valence-electron chi connectivity index (χ3n) is 4.28. The molecule has 3 rings (SSSR count). The highest BCUT2D eigenvalue weighted by atomic mass is 32.1. The molecule has 1 N–H and O–H groups in total. The number of benzene rings is 2. The lowest BCUT2D eigenvalue weighted by Gasteiger charge is -2.13. The zero-order chi connectivity index (χ0) is 21.0. The van der Waals surface area contributed by atoms with Gasteiger partial charge >= 0.3 is 5.97 Å². The van der Waals surface area contributed by atoms with E-state index in [1.807, 2.05) is 25.1 Å². The molecule has 0 saturated carbocycles.